The smallest absolute Gasteiger partial charge is 0.226 e. The third-order valence-corrected chi connectivity index (χ3v) is 6.11. The third kappa shape index (κ3) is 3.36. The Morgan fingerprint density at radius 1 is 1.43 bits per heavy atom. The van der Waals surface area contributed by atoms with Crippen molar-refractivity contribution < 1.29 is 9.53 Å². The number of hydrogen-bond donors (Lipinski definition) is 1. The zero-order chi connectivity index (χ0) is 16.4. The minimum atomic E-state index is 0.238. The summed E-state index contributed by atoms with van der Waals surface area (Å²) in [6.45, 7) is 2.76. The molecule has 1 heterocycles. The van der Waals surface area contributed by atoms with Gasteiger partial charge in [-0.15, -0.1) is 11.8 Å². The van der Waals surface area contributed by atoms with Crippen molar-refractivity contribution in [3.63, 3.8) is 0 Å². The highest BCUT2D eigenvalue weighted by molar-refractivity contribution is 7.98. The van der Waals surface area contributed by atoms with Crippen molar-refractivity contribution in [1.29, 1.82) is 0 Å². The molecule has 2 aliphatic rings. The van der Waals surface area contributed by atoms with Gasteiger partial charge in [-0.3, -0.25) is 4.79 Å². The van der Waals surface area contributed by atoms with Crippen LogP contribution < -0.4 is 10.1 Å². The van der Waals surface area contributed by atoms with Crippen LogP contribution in [-0.2, 0) is 11.3 Å². The Labute approximate surface area is 143 Å². The maximum Gasteiger partial charge on any atom is 0.226 e. The van der Waals surface area contributed by atoms with Gasteiger partial charge in [-0.2, -0.15) is 0 Å². The van der Waals surface area contributed by atoms with Crippen LogP contribution in [0.15, 0.2) is 23.1 Å². The molecule has 1 aliphatic heterocycles. The molecule has 1 unspecified atom stereocenters. The molecule has 1 saturated carbocycles. The largest absolute Gasteiger partial charge is 0.496 e. The molecule has 0 aromatic heterocycles. The number of benzene rings is 1. The van der Waals surface area contributed by atoms with E-state index in [1.165, 1.54) is 0 Å². The maximum atomic E-state index is 12.7. The number of methoxy groups -OCH3 is 1. The van der Waals surface area contributed by atoms with Gasteiger partial charge in [0.2, 0.25) is 5.91 Å². The zero-order valence-corrected chi connectivity index (χ0v) is 15.0. The number of nitrogens with zero attached hydrogens (tertiary/aromatic N) is 1. The van der Waals surface area contributed by atoms with E-state index in [1.54, 1.807) is 18.9 Å². The van der Waals surface area contributed by atoms with Crippen LogP contribution in [-0.4, -0.2) is 44.3 Å². The van der Waals surface area contributed by atoms with Gasteiger partial charge < -0.3 is 15.0 Å². The summed E-state index contributed by atoms with van der Waals surface area (Å²) in [4.78, 5) is 15.7. The van der Waals surface area contributed by atoms with E-state index in [9.17, 15) is 4.79 Å². The first kappa shape index (κ1) is 16.7. The van der Waals surface area contributed by atoms with E-state index < -0.39 is 0 Å². The first-order chi connectivity index (χ1) is 11.1. The summed E-state index contributed by atoms with van der Waals surface area (Å²) in [6.07, 6.45) is 5.41. The fraction of sp³-hybridized carbons (Fsp3) is 0.611. The van der Waals surface area contributed by atoms with Crippen molar-refractivity contribution >= 4 is 17.7 Å². The molecule has 1 aromatic rings. The second kappa shape index (κ2) is 6.73. The number of piperidine rings is 1. The minimum Gasteiger partial charge on any atom is -0.496 e. The molecule has 1 spiro atoms. The van der Waals surface area contributed by atoms with Crippen molar-refractivity contribution in [2.24, 2.45) is 11.3 Å². The van der Waals surface area contributed by atoms with Crippen molar-refractivity contribution in [2.45, 2.75) is 30.7 Å². The van der Waals surface area contributed by atoms with Crippen molar-refractivity contribution in [3.8, 4) is 5.75 Å². The number of amides is 1. The summed E-state index contributed by atoms with van der Waals surface area (Å²) >= 11 is 1.67. The standard InChI is InChI=1S/C18H26N2O2S/c1-20(12-13-4-5-16(23-3)15(10-13)22-2)17(21)14-11-18(14)6-8-19-9-7-18/h4-5,10,14,19H,6-9,11-12H2,1-3H3. The first-order valence-electron chi connectivity index (χ1n) is 8.26. The molecular formula is C18H26N2O2S. The van der Waals surface area contributed by atoms with Crippen LogP contribution >= 0.6 is 11.8 Å². The van der Waals surface area contributed by atoms with Crippen LogP contribution in [0, 0.1) is 11.3 Å². The minimum absolute atomic E-state index is 0.238. The Balaban J connectivity index is 1.63. The van der Waals surface area contributed by atoms with Gasteiger partial charge in [-0.25, -0.2) is 0 Å². The lowest BCUT2D eigenvalue weighted by molar-refractivity contribution is -0.132. The van der Waals surface area contributed by atoms with Gasteiger partial charge in [0.05, 0.1) is 7.11 Å². The van der Waals surface area contributed by atoms with Crippen LogP contribution in [0.1, 0.15) is 24.8 Å². The molecule has 1 aromatic carbocycles. The SMILES string of the molecule is COc1cc(CN(C)C(=O)C2CC23CCNCC3)ccc1SC. The molecule has 0 bridgehead atoms. The topological polar surface area (TPSA) is 41.6 Å². The number of ether oxygens (including phenoxy) is 1. The van der Waals surface area contributed by atoms with E-state index in [1.807, 2.05) is 24.3 Å². The molecule has 1 N–H and O–H groups in total. The van der Waals surface area contributed by atoms with Crippen molar-refractivity contribution in [2.75, 3.05) is 33.5 Å². The summed E-state index contributed by atoms with van der Waals surface area (Å²) in [5, 5.41) is 3.39. The van der Waals surface area contributed by atoms with Crippen LogP contribution in [0.3, 0.4) is 0 Å². The van der Waals surface area contributed by atoms with Crippen LogP contribution in [0.25, 0.3) is 0 Å². The van der Waals surface area contributed by atoms with E-state index >= 15 is 0 Å². The lowest BCUT2D eigenvalue weighted by atomic mass is 9.91. The van der Waals surface area contributed by atoms with E-state index in [0.717, 1.165) is 48.6 Å². The first-order valence-corrected chi connectivity index (χ1v) is 9.49. The predicted octanol–water partition coefficient (Wildman–Crippen LogP) is 2.77. The molecule has 1 amide bonds. The van der Waals surface area contributed by atoms with E-state index in [-0.39, 0.29) is 5.92 Å². The Bertz CT molecular complexity index is 584. The highest BCUT2D eigenvalue weighted by atomic mass is 32.2. The fourth-order valence-corrected chi connectivity index (χ4v) is 4.32. The van der Waals surface area contributed by atoms with E-state index in [0.29, 0.717) is 17.9 Å². The molecule has 0 radical (unpaired) electrons. The molecule has 1 aliphatic carbocycles. The molecule has 3 rings (SSSR count). The van der Waals surface area contributed by atoms with Crippen molar-refractivity contribution in [1.82, 2.24) is 10.2 Å². The average molecular weight is 334 g/mol. The van der Waals surface area contributed by atoms with Crippen LogP contribution in [0.5, 0.6) is 5.75 Å². The Morgan fingerprint density at radius 3 is 2.83 bits per heavy atom. The number of rotatable bonds is 5. The average Bonchev–Trinajstić information content (AvgIpc) is 3.27. The number of hydrogen-bond acceptors (Lipinski definition) is 4. The number of carbonyl (C=O) groups is 1. The molecular weight excluding hydrogens is 308 g/mol. The molecule has 1 atom stereocenters. The van der Waals surface area contributed by atoms with Gasteiger partial charge in [0.1, 0.15) is 5.75 Å². The molecule has 126 valence electrons. The second-order valence-corrected chi connectivity index (χ2v) is 7.60. The molecule has 5 heteroatoms. The Morgan fingerprint density at radius 2 is 2.17 bits per heavy atom. The van der Waals surface area contributed by atoms with Gasteiger partial charge in [-0.05, 0) is 61.7 Å². The summed E-state index contributed by atoms with van der Waals surface area (Å²) in [5.41, 5.74) is 1.42. The number of thioether (sulfide) groups is 1. The summed E-state index contributed by atoms with van der Waals surface area (Å²) in [7, 11) is 3.61. The molecule has 1 saturated heterocycles. The van der Waals surface area contributed by atoms with Gasteiger partial charge >= 0.3 is 0 Å². The summed E-state index contributed by atoms with van der Waals surface area (Å²) in [5.74, 6) is 1.43. The van der Waals surface area contributed by atoms with Crippen molar-refractivity contribution in [3.05, 3.63) is 23.8 Å². The molecule has 4 nitrogen and oxygen atoms in total. The Kier molecular flexibility index (Phi) is 4.87. The van der Waals surface area contributed by atoms with Crippen LogP contribution in [0.4, 0.5) is 0 Å². The van der Waals surface area contributed by atoms with E-state index in [4.69, 9.17) is 4.74 Å². The Hall–Kier alpha value is -1.20. The summed E-state index contributed by atoms with van der Waals surface area (Å²) < 4.78 is 5.44. The normalized spacial score (nSPS) is 22.0. The van der Waals surface area contributed by atoms with Crippen LogP contribution in [0.2, 0.25) is 0 Å². The lowest BCUT2D eigenvalue weighted by Crippen LogP contribution is -2.34. The lowest BCUT2D eigenvalue weighted by Gasteiger charge is -2.25. The fourth-order valence-electron chi connectivity index (χ4n) is 3.77. The quantitative estimate of drug-likeness (QED) is 0.841. The second-order valence-electron chi connectivity index (χ2n) is 6.75. The predicted molar refractivity (Wildman–Crippen MR) is 93.9 cm³/mol. The van der Waals surface area contributed by atoms with Gasteiger partial charge in [0, 0.05) is 24.4 Å². The number of nitrogens with one attached hydrogen (secondary N) is 1. The highest BCUT2D eigenvalue weighted by Crippen LogP contribution is 2.59. The zero-order valence-electron chi connectivity index (χ0n) is 14.2. The maximum absolute atomic E-state index is 12.7. The third-order valence-electron chi connectivity index (χ3n) is 5.33. The van der Waals surface area contributed by atoms with Gasteiger partial charge in [-0.1, -0.05) is 6.07 Å². The van der Waals surface area contributed by atoms with E-state index in [2.05, 4.69) is 17.4 Å². The number of carbonyl (C=O) groups excluding carboxylic acids is 1. The monoisotopic (exact) mass is 334 g/mol. The molecule has 23 heavy (non-hydrogen) atoms. The van der Waals surface area contributed by atoms with Gasteiger partial charge in [0.15, 0.2) is 0 Å². The summed E-state index contributed by atoms with van der Waals surface area (Å²) in [6, 6.07) is 6.21. The molecule has 2 fully saturated rings. The van der Waals surface area contributed by atoms with Gasteiger partial charge in [0.25, 0.3) is 0 Å². The highest BCUT2D eigenvalue weighted by Gasteiger charge is 2.58.